The van der Waals surface area contributed by atoms with Crippen molar-refractivity contribution in [2.24, 2.45) is 16.8 Å². The molecule has 0 bridgehead atoms. The molecule has 4 N–H and O–H groups in total. The number of guanidine groups is 1. The molecule has 0 fully saturated rings. The lowest BCUT2D eigenvalue weighted by Crippen LogP contribution is -2.41. The van der Waals surface area contributed by atoms with Crippen LogP contribution in [0.1, 0.15) is 39.2 Å². The second-order valence-electron chi connectivity index (χ2n) is 7.17. The average molecular weight is 377 g/mol. The number of aliphatic hydroxyl groups excluding tert-OH is 1. The van der Waals surface area contributed by atoms with Crippen LogP contribution in [0.4, 0.5) is 0 Å². The Labute approximate surface area is 163 Å². The van der Waals surface area contributed by atoms with Crippen LogP contribution in [-0.4, -0.2) is 49.8 Å². The van der Waals surface area contributed by atoms with Crippen LogP contribution in [0.15, 0.2) is 35.3 Å². The number of hydrogen-bond acceptors (Lipinski definition) is 3. The molecule has 0 spiro atoms. The van der Waals surface area contributed by atoms with Crippen LogP contribution in [0.5, 0.6) is 0 Å². The van der Waals surface area contributed by atoms with Crippen molar-refractivity contribution >= 4 is 11.9 Å². The Hall–Kier alpha value is -2.08. The molecule has 0 heterocycles. The van der Waals surface area contributed by atoms with E-state index in [-0.39, 0.29) is 19.1 Å². The highest BCUT2D eigenvalue weighted by atomic mass is 16.3. The fraction of sp³-hybridized carbons (Fsp3) is 0.619. The zero-order valence-corrected chi connectivity index (χ0v) is 17.0. The lowest BCUT2D eigenvalue weighted by atomic mass is 9.94. The topological polar surface area (TPSA) is 85.8 Å². The number of aliphatic imine (C=N–C) groups is 1. The van der Waals surface area contributed by atoms with Gasteiger partial charge in [-0.1, -0.05) is 44.2 Å². The molecule has 1 amide bonds. The van der Waals surface area contributed by atoms with Crippen molar-refractivity contribution in [1.29, 1.82) is 0 Å². The van der Waals surface area contributed by atoms with E-state index >= 15 is 0 Å². The first kappa shape index (κ1) is 23.0. The quantitative estimate of drug-likeness (QED) is 0.332. The summed E-state index contributed by atoms with van der Waals surface area (Å²) in [5.74, 6) is 1.52. The number of rotatable bonds is 12. The molecular weight excluding hydrogens is 340 g/mol. The maximum atomic E-state index is 12.0. The van der Waals surface area contributed by atoms with Crippen LogP contribution >= 0.6 is 0 Å². The number of nitrogens with zero attached hydrogens (tertiary/aromatic N) is 1. The van der Waals surface area contributed by atoms with Gasteiger partial charge >= 0.3 is 0 Å². The predicted octanol–water partition coefficient (Wildman–Crippen LogP) is 1.95. The summed E-state index contributed by atoms with van der Waals surface area (Å²) in [6.45, 7) is 8.73. The van der Waals surface area contributed by atoms with Crippen LogP contribution < -0.4 is 16.0 Å². The molecule has 0 saturated heterocycles. The van der Waals surface area contributed by atoms with Crippen LogP contribution in [-0.2, 0) is 11.2 Å². The highest BCUT2D eigenvalue weighted by Crippen LogP contribution is 2.14. The summed E-state index contributed by atoms with van der Waals surface area (Å²) in [6.07, 6.45) is 2.63. The Morgan fingerprint density at radius 3 is 2.52 bits per heavy atom. The van der Waals surface area contributed by atoms with E-state index in [0.29, 0.717) is 24.3 Å². The SMILES string of the molecule is CCNC(=NCC(=O)NCCc1ccccc1)NCC(CCO)CC(C)C. The van der Waals surface area contributed by atoms with Crippen molar-refractivity contribution in [1.82, 2.24) is 16.0 Å². The van der Waals surface area contributed by atoms with Gasteiger partial charge < -0.3 is 21.1 Å². The second kappa shape index (κ2) is 14.0. The van der Waals surface area contributed by atoms with E-state index in [1.807, 2.05) is 25.1 Å². The van der Waals surface area contributed by atoms with Crippen LogP contribution in [0.25, 0.3) is 0 Å². The summed E-state index contributed by atoms with van der Waals surface area (Å²) in [7, 11) is 0. The summed E-state index contributed by atoms with van der Waals surface area (Å²) in [5, 5.41) is 18.6. The van der Waals surface area contributed by atoms with Crippen molar-refractivity contribution < 1.29 is 9.90 Å². The van der Waals surface area contributed by atoms with E-state index in [1.54, 1.807) is 0 Å². The van der Waals surface area contributed by atoms with Crippen molar-refractivity contribution in [3.63, 3.8) is 0 Å². The molecule has 0 aliphatic rings. The minimum atomic E-state index is -0.0859. The van der Waals surface area contributed by atoms with Crippen LogP contribution in [0, 0.1) is 11.8 Å². The molecular formula is C21H36N4O2. The monoisotopic (exact) mass is 376 g/mol. The summed E-state index contributed by atoms with van der Waals surface area (Å²) >= 11 is 0. The second-order valence-corrected chi connectivity index (χ2v) is 7.17. The number of carbonyl (C=O) groups excluding carboxylic acids is 1. The van der Waals surface area contributed by atoms with Crippen LogP contribution in [0.2, 0.25) is 0 Å². The predicted molar refractivity (Wildman–Crippen MR) is 112 cm³/mol. The zero-order chi connectivity index (χ0) is 19.9. The number of benzene rings is 1. The first-order valence-electron chi connectivity index (χ1n) is 9.98. The normalized spacial score (nSPS) is 12.7. The molecule has 6 nitrogen and oxygen atoms in total. The summed E-state index contributed by atoms with van der Waals surface area (Å²) < 4.78 is 0. The van der Waals surface area contributed by atoms with E-state index in [9.17, 15) is 9.90 Å². The number of aliphatic hydroxyl groups is 1. The molecule has 0 aromatic heterocycles. The smallest absolute Gasteiger partial charge is 0.241 e. The van der Waals surface area contributed by atoms with Gasteiger partial charge in [-0.05, 0) is 43.6 Å². The van der Waals surface area contributed by atoms with Gasteiger partial charge in [0.25, 0.3) is 0 Å². The van der Waals surface area contributed by atoms with Gasteiger partial charge in [-0.3, -0.25) is 4.79 Å². The van der Waals surface area contributed by atoms with E-state index in [0.717, 1.165) is 32.4 Å². The lowest BCUT2D eigenvalue weighted by molar-refractivity contribution is -0.119. The average Bonchev–Trinajstić information content (AvgIpc) is 2.64. The standard InChI is InChI=1S/C21H36N4O2/c1-4-22-21(24-15-19(11-13-26)14-17(2)3)25-16-20(27)23-12-10-18-8-6-5-7-9-18/h5-9,17,19,26H,4,10-16H2,1-3H3,(H,23,27)(H2,22,24,25). The molecule has 1 aromatic carbocycles. The lowest BCUT2D eigenvalue weighted by Gasteiger charge is -2.20. The van der Waals surface area contributed by atoms with Gasteiger partial charge in [0.15, 0.2) is 5.96 Å². The molecule has 152 valence electrons. The van der Waals surface area contributed by atoms with Gasteiger partial charge in [0.2, 0.25) is 5.91 Å². The molecule has 0 aliphatic carbocycles. The highest BCUT2D eigenvalue weighted by molar-refractivity contribution is 5.84. The van der Waals surface area contributed by atoms with Gasteiger partial charge in [-0.15, -0.1) is 0 Å². The molecule has 1 unspecified atom stereocenters. The van der Waals surface area contributed by atoms with Crippen LogP contribution in [0.3, 0.4) is 0 Å². The van der Waals surface area contributed by atoms with Crippen molar-refractivity contribution in [2.75, 3.05) is 32.8 Å². The fourth-order valence-corrected chi connectivity index (χ4v) is 2.93. The number of hydrogen-bond donors (Lipinski definition) is 4. The summed E-state index contributed by atoms with van der Waals surface area (Å²) in [4.78, 5) is 16.4. The fourth-order valence-electron chi connectivity index (χ4n) is 2.93. The first-order valence-corrected chi connectivity index (χ1v) is 9.98. The van der Waals surface area contributed by atoms with E-state index in [4.69, 9.17) is 0 Å². The molecule has 0 saturated carbocycles. The number of carbonyl (C=O) groups is 1. The third-order valence-electron chi connectivity index (χ3n) is 4.20. The Kier molecular flexibility index (Phi) is 11.9. The van der Waals surface area contributed by atoms with Gasteiger partial charge in [0.05, 0.1) is 0 Å². The Bertz CT molecular complexity index is 546. The van der Waals surface area contributed by atoms with E-state index in [2.05, 4.69) is 46.9 Å². The molecule has 1 rings (SSSR count). The van der Waals surface area contributed by atoms with Gasteiger partial charge in [0, 0.05) is 26.2 Å². The Morgan fingerprint density at radius 2 is 1.89 bits per heavy atom. The Morgan fingerprint density at radius 1 is 1.15 bits per heavy atom. The maximum Gasteiger partial charge on any atom is 0.241 e. The Balaban J connectivity index is 2.40. The highest BCUT2D eigenvalue weighted by Gasteiger charge is 2.11. The van der Waals surface area contributed by atoms with Crippen molar-refractivity contribution in [3.05, 3.63) is 35.9 Å². The first-order chi connectivity index (χ1) is 13.0. The zero-order valence-electron chi connectivity index (χ0n) is 17.0. The van der Waals surface area contributed by atoms with Gasteiger partial charge in [-0.25, -0.2) is 4.99 Å². The van der Waals surface area contributed by atoms with Gasteiger partial charge in [-0.2, -0.15) is 0 Å². The largest absolute Gasteiger partial charge is 0.396 e. The summed E-state index contributed by atoms with van der Waals surface area (Å²) in [6, 6.07) is 10.1. The molecule has 6 heteroatoms. The van der Waals surface area contributed by atoms with Gasteiger partial charge in [0.1, 0.15) is 6.54 Å². The van der Waals surface area contributed by atoms with E-state index < -0.39 is 0 Å². The number of nitrogens with one attached hydrogen (secondary N) is 3. The van der Waals surface area contributed by atoms with E-state index in [1.165, 1.54) is 5.56 Å². The third-order valence-corrected chi connectivity index (χ3v) is 4.20. The summed E-state index contributed by atoms with van der Waals surface area (Å²) in [5.41, 5.74) is 1.20. The third kappa shape index (κ3) is 11.3. The van der Waals surface area contributed by atoms with Crippen molar-refractivity contribution in [3.8, 4) is 0 Å². The minimum absolute atomic E-state index is 0.0859. The molecule has 1 aromatic rings. The molecule has 0 aliphatic heterocycles. The number of amides is 1. The van der Waals surface area contributed by atoms with Crippen molar-refractivity contribution in [2.45, 2.75) is 40.0 Å². The minimum Gasteiger partial charge on any atom is -0.396 e. The molecule has 0 radical (unpaired) electrons. The molecule has 1 atom stereocenters. The molecule has 27 heavy (non-hydrogen) atoms. The maximum absolute atomic E-state index is 12.0.